The molecule has 5 rings (SSSR count). The van der Waals surface area contributed by atoms with E-state index in [1.165, 1.54) is 11.1 Å². The fraction of sp³-hybridized carbons (Fsp3) is 0.483. The first-order valence-electron chi connectivity index (χ1n) is 12.6. The largest absolute Gasteiger partial charge is 0.490 e. The Morgan fingerprint density at radius 3 is 2.86 bits per heavy atom. The third kappa shape index (κ3) is 4.23. The van der Waals surface area contributed by atoms with Crippen molar-refractivity contribution in [3.05, 3.63) is 70.8 Å². The summed E-state index contributed by atoms with van der Waals surface area (Å²) in [6.07, 6.45) is 7.01. The number of fused-ring (bicyclic) bond motifs is 3. The van der Waals surface area contributed by atoms with E-state index in [0.29, 0.717) is 18.9 Å². The van der Waals surface area contributed by atoms with Gasteiger partial charge in [-0.25, -0.2) is 4.79 Å². The maximum atomic E-state index is 11.8. The average Bonchev–Trinajstić information content (AvgIpc) is 2.98. The minimum Gasteiger partial charge on any atom is -0.490 e. The molecule has 2 aliphatic carbocycles. The van der Waals surface area contributed by atoms with Crippen LogP contribution in [0.3, 0.4) is 0 Å². The van der Waals surface area contributed by atoms with E-state index in [2.05, 4.69) is 30.5 Å². The van der Waals surface area contributed by atoms with Gasteiger partial charge in [-0.2, -0.15) is 0 Å². The van der Waals surface area contributed by atoms with Crippen molar-refractivity contribution in [3.63, 3.8) is 0 Å². The normalized spacial score (nSPS) is 28.2. The van der Waals surface area contributed by atoms with Crippen LogP contribution in [0.2, 0.25) is 5.02 Å². The predicted octanol–water partition coefficient (Wildman–Crippen LogP) is 5.86. The Bertz CT molecular complexity index is 1150. The molecule has 186 valence electrons. The number of rotatable bonds is 6. The van der Waals surface area contributed by atoms with Crippen molar-refractivity contribution in [1.82, 2.24) is 0 Å². The summed E-state index contributed by atoms with van der Waals surface area (Å²) in [5.74, 6) is 0.0714. The van der Waals surface area contributed by atoms with Crippen molar-refractivity contribution >= 4 is 23.3 Å². The standard InChI is InChI=1S/C29H34ClNO4/c1-3-5-26(32)28(2)13-11-21(28)16-31-17-29(12-4-6-19-14-22(30)8-9-23(19)29)18-35-25-10-7-20(27(33)34)15-24(25)31/h3,7-10,14-15,21,26,32H,1,4-6,11-13,16-18H2,2H3,(H,33,34)/t21-,26?,28+,29?/m1/s1. The quantitative estimate of drug-likeness (QED) is 0.491. The first-order chi connectivity index (χ1) is 16.8. The number of hydrogen-bond donors (Lipinski definition) is 2. The molecule has 1 saturated carbocycles. The van der Waals surface area contributed by atoms with Gasteiger partial charge in [0.2, 0.25) is 0 Å². The summed E-state index contributed by atoms with van der Waals surface area (Å²) in [4.78, 5) is 14.1. The lowest BCUT2D eigenvalue weighted by Crippen LogP contribution is -2.53. The van der Waals surface area contributed by atoms with Gasteiger partial charge in [0.15, 0.2) is 0 Å². The van der Waals surface area contributed by atoms with Crippen molar-refractivity contribution in [3.8, 4) is 5.75 Å². The van der Waals surface area contributed by atoms with Gasteiger partial charge in [0, 0.05) is 23.5 Å². The first-order valence-corrected chi connectivity index (χ1v) is 13.0. The molecule has 2 aromatic carbocycles. The van der Waals surface area contributed by atoms with Gasteiger partial charge in [0.05, 0.1) is 24.0 Å². The number of aryl methyl sites for hydroxylation is 1. The average molecular weight is 496 g/mol. The van der Waals surface area contributed by atoms with Gasteiger partial charge >= 0.3 is 5.97 Å². The molecule has 0 amide bonds. The summed E-state index contributed by atoms with van der Waals surface area (Å²) in [6.45, 7) is 8.01. The lowest BCUT2D eigenvalue weighted by Gasteiger charge is -2.52. The van der Waals surface area contributed by atoms with E-state index < -0.39 is 12.1 Å². The number of carboxylic acids is 1. The van der Waals surface area contributed by atoms with E-state index in [9.17, 15) is 15.0 Å². The Kier molecular flexibility index (Phi) is 6.35. The summed E-state index contributed by atoms with van der Waals surface area (Å²) in [5.41, 5.74) is 3.26. The number of carboxylic acid groups (broad SMARTS) is 1. The molecular formula is C29H34ClNO4. The fourth-order valence-electron chi connectivity index (χ4n) is 6.48. The third-order valence-corrected chi connectivity index (χ3v) is 9.08. The van der Waals surface area contributed by atoms with E-state index in [-0.39, 0.29) is 16.4 Å². The molecule has 0 aromatic heterocycles. The van der Waals surface area contributed by atoms with Crippen LogP contribution in [0.1, 0.15) is 60.5 Å². The Hall–Kier alpha value is -2.50. The van der Waals surface area contributed by atoms with Crippen molar-refractivity contribution in [2.75, 3.05) is 24.6 Å². The highest BCUT2D eigenvalue weighted by atomic mass is 35.5. The van der Waals surface area contributed by atoms with Gasteiger partial charge in [-0.05, 0) is 91.3 Å². The lowest BCUT2D eigenvalue weighted by atomic mass is 9.57. The number of halogens is 1. The van der Waals surface area contributed by atoms with E-state index in [0.717, 1.165) is 61.7 Å². The highest BCUT2D eigenvalue weighted by molar-refractivity contribution is 6.30. The second kappa shape index (κ2) is 9.18. The molecule has 2 N–H and O–H groups in total. The van der Waals surface area contributed by atoms with Crippen LogP contribution >= 0.6 is 11.6 Å². The zero-order chi connectivity index (χ0) is 24.8. The topological polar surface area (TPSA) is 70.0 Å². The Balaban J connectivity index is 1.55. The lowest BCUT2D eigenvalue weighted by molar-refractivity contribution is -0.0695. The minimum absolute atomic E-state index is 0.183. The zero-order valence-corrected chi connectivity index (χ0v) is 21.1. The van der Waals surface area contributed by atoms with E-state index in [1.54, 1.807) is 24.3 Å². The molecule has 2 aromatic rings. The molecule has 0 bridgehead atoms. The summed E-state index contributed by atoms with van der Waals surface area (Å²) in [6, 6.07) is 11.4. The summed E-state index contributed by atoms with van der Waals surface area (Å²) in [5, 5.41) is 21.3. The Morgan fingerprint density at radius 1 is 1.31 bits per heavy atom. The van der Waals surface area contributed by atoms with Crippen LogP contribution in [-0.4, -0.2) is 42.0 Å². The van der Waals surface area contributed by atoms with Gasteiger partial charge in [0.25, 0.3) is 0 Å². The number of aromatic carboxylic acids is 1. The molecule has 6 heteroatoms. The van der Waals surface area contributed by atoms with Crippen LogP contribution in [0.25, 0.3) is 0 Å². The second-order valence-electron chi connectivity index (χ2n) is 10.9. The molecule has 1 heterocycles. The predicted molar refractivity (Wildman–Crippen MR) is 139 cm³/mol. The van der Waals surface area contributed by atoms with Gasteiger partial charge in [-0.15, -0.1) is 6.58 Å². The molecule has 1 spiro atoms. The smallest absolute Gasteiger partial charge is 0.335 e. The van der Waals surface area contributed by atoms with E-state index in [4.69, 9.17) is 16.3 Å². The van der Waals surface area contributed by atoms with Gasteiger partial charge in [-0.1, -0.05) is 30.7 Å². The number of aliphatic hydroxyl groups is 1. The molecule has 35 heavy (non-hydrogen) atoms. The Labute approximate surface area is 212 Å². The molecule has 0 radical (unpaired) electrons. The number of carbonyl (C=O) groups is 1. The molecule has 3 aliphatic rings. The molecule has 1 fully saturated rings. The zero-order valence-electron chi connectivity index (χ0n) is 20.3. The van der Waals surface area contributed by atoms with Gasteiger partial charge in [0.1, 0.15) is 5.75 Å². The molecule has 0 saturated heterocycles. The Morgan fingerprint density at radius 2 is 2.14 bits per heavy atom. The molecule has 2 unspecified atom stereocenters. The van der Waals surface area contributed by atoms with Crippen molar-refractivity contribution in [2.45, 2.75) is 57.0 Å². The van der Waals surface area contributed by atoms with Crippen molar-refractivity contribution in [2.24, 2.45) is 11.3 Å². The molecular weight excluding hydrogens is 462 g/mol. The van der Waals surface area contributed by atoms with Crippen molar-refractivity contribution < 1.29 is 19.7 Å². The molecule has 4 atom stereocenters. The highest BCUT2D eigenvalue weighted by Gasteiger charge is 2.49. The fourth-order valence-corrected chi connectivity index (χ4v) is 6.68. The van der Waals surface area contributed by atoms with Crippen LogP contribution in [0, 0.1) is 11.3 Å². The highest BCUT2D eigenvalue weighted by Crippen LogP contribution is 2.52. The van der Waals surface area contributed by atoms with Gasteiger partial charge < -0.3 is 19.8 Å². The molecule has 5 nitrogen and oxygen atoms in total. The van der Waals surface area contributed by atoms with Gasteiger partial charge in [-0.3, -0.25) is 0 Å². The maximum absolute atomic E-state index is 11.8. The first kappa shape index (κ1) is 24.2. The van der Waals surface area contributed by atoms with Crippen molar-refractivity contribution in [1.29, 1.82) is 0 Å². The number of aliphatic hydroxyl groups excluding tert-OH is 1. The molecule has 1 aliphatic heterocycles. The van der Waals surface area contributed by atoms with E-state index in [1.807, 2.05) is 6.07 Å². The maximum Gasteiger partial charge on any atom is 0.335 e. The van der Waals surface area contributed by atoms with E-state index >= 15 is 0 Å². The second-order valence-corrected chi connectivity index (χ2v) is 11.3. The summed E-state index contributed by atoms with van der Waals surface area (Å²) >= 11 is 6.34. The minimum atomic E-state index is -0.945. The van der Waals surface area contributed by atoms with Crippen LogP contribution in [0.15, 0.2) is 49.1 Å². The van der Waals surface area contributed by atoms with Crippen LogP contribution in [0.4, 0.5) is 5.69 Å². The third-order valence-electron chi connectivity index (χ3n) is 8.84. The number of benzene rings is 2. The number of anilines is 1. The number of hydrogen-bond acceptors (Lipinski definition) is 4. The van der Waals surface area contributed by atoms with Crippen LogP contribution < -0.4 is 9.64 Å². The summed E-state index contributed by atoms with van der Waals surface area (Å²) in [7, 11) is 0. The number of ether oxygens (including phenoxy) is 1. The van der Waals surface area contributed by atoms with Crippen LogP contribution in [0.5, 0.6) is 5.75 Å². The number of nitrogens with zero attached hydrogens (tertiary/aromatic N) is 1. The SMILES string of the molecule is C=CCC(O)[C@@]1(C)CC[C@@H]1CN1CC2(CCCc3cc(Cl)ccc32)COc2ccc(C(=O)O)cc21. The van der Waals surface area contributed by atoms with Crippen LogP contribution in [-0.2, 0) is 11.8 Å². The monoisotopic (exact) mass is 495 g/mol. The summed E-state index contributed by atoms with van der Waals surface area (Å²) < 4.78 is 6.43.